The first-order valence-corrected chi connectivity index (χ1v) is 9.63. The van der Waals surface area contributed by atoms with Crippen LogP contribution in [0.3, 0.4) is 0 Å². The van der Waals surface area contributed by atoms with Crippen molar-refractivity contribution in [3.05, 3.63) is 35.7 Å². The molecule has 0 saturated heterocycles. The molecule has 3 rings (SSSR count). The van der Waals surface area contributed by atoms with E-state index in [9.17, 15) is 4.79 Å². The number of aromatic nitrogens is 2. The van der Waals surface area contributed by atoms with Crippen LogP contribution in [0.2, 0.25) is 0 Å². The standard InChI is InChI=1S/C18H23N3O2S/c1-13-7-9-14(10-8-13)18-20-16(21-23-18)11-24-12-17(22)19-15-5-3-2-4-6-15/h7-10,15H,2-6,11-12H2,1H3,(H,19,22). The summed E-state index contributed by atoms with van der Waals surface area (Å²) in [5.74, 6) is 2.27. The minimum absolute atomic E-state index is 0.106. The third kappa shape index (κ3) is 4.84. The molecular formula is C18H23N3O2S. The molecule has 0 bridgehead atoms. The average molecular weight is 345 g/mol. The van der Waals surface area contributed by atoms with Gasteiger partial charge in [-0.2, -0.15) is 4.98 Å². The van der Waals surface area contributed by atoms with Crippen LogP contribution in [-0.2, 0) is 10.5 Å². The van der Waals surface area contributed by atoms with E-state index in [4.69, 9.17) is 4.52 Å². The molecule has 0 spiro atoms. The molecule has 24 heavy (non-hydrogen) atoms. The van der Waals surface area contributed by atoms with E-state index in [0.717, 1.165) is 18.4 Å². The normalized spacial score (nSPS) is 15.4. The lowest BCUT2D eigenvalue weighted by Crippen LogP contribution is -2.37. The van der Waals surface area contributed by atoms with Crippen LogP contribution in [0.25, 0.3) is 11.5 Å². The van der Waals surface area contributed by atoms with Crippen molar-refractivity contribution in [2.75, 3.05) is 5.75 Å². The molecule has 2 aromatic rings. The van der Waals surface area contributed by atoms with Gasteiger partial charge in [0, 0.05) is 11.6 Å². The van der Waals surface area contributed by atoms with Crippen LogP contribution < -0.4 is 5.32 Å². The smallest absolute Gasteiger partial charge is 0.257 e. The zero-order valence-electron chi connectivity index (χ0n) is 14.0. The van der Waals surface area contributed by atoms with Crippen molar-refractivity contribution >= 4 is 17.7 Å². The second-order valence-electron chi connectivity index (χ2n) is 6.28. The number of hydrogen-bond donors (Lipinski definition) is 1. The molecule has 1 aromatic carbocycles. The molecule has 128 valence electrons. The third-order valence-corrected chi connectivity index (χ3v) is 5.13. The Bertz CT molecular complexity index is 663. The predicted molar refractivity (Wildman–Crippen MR) is 95.6 cm³/mol. The number of aryl methyl sites for hydroxylation is 1. The number of hydrogen-bond acceptors (Lipinski definition) is 5. The largest absolute Gasteiger partial charge is 0.353 e. The van der Waals surface area contributed by atoms with Crippen LogP contribution >= 0.6 is 11.8 Å². The van der Waals surface area contributed by atoms with Crippen molar-refractivity contribution < 1.29 is 9.32 Å². The average Bonchev–Trinajstić information content (AvgIpc) is 3.05. The summed E-state index contributed by atoms with van der Waals surface area (Å²) < 4.78 is 5.29. The number of nitrogens with zero attached hydrogens (tertiary/aromatic N) is 2. The molecule has 1 aliphatic carbocycles. The number of carbonyl (C=O) groups is 1. The van der Waals surface area contributed by atoms with Crippen molar-refractivity contribution in [3.8, 4) is 11.5 Å². The maximum Gasteiger partial charge on any atom is 0.257 e. The van der Waals surface area contributed by atoms with Gasteiger partial charge in [-0.25, -0.2) is 0 Å². The third-order valence-electron chi connectivity index (χ3n) is 4.20. The molecule has 6 heteroatoms. The quantitative estimate of drug-likeness (QED) is 0.864. The number of amides is 1. The van der Waals surface area contributed by atoms with E-state index < -0.39 is 0 Å². The van der Waals surface area contributed by atoms with Gasteiger partial charge in [-0.3, -0.25) is 4.79 Å². The lowest BCUT2D eigenvalue weighted by atomic mass is 9.95. The van der Waals surface area contributed by atoms with Gasteiger partial charge in [-0.15, -0.1) is 11.8 Å². The first-order chi connectivity index (χ1) is 11.7. The van der Waals surface area contributed by atoms with E-state index in [1.54, 1.807) is 0 Å². The van der Waals surface area contributed by atoms with Crippen LogP contribution in [-0.4, -0.2) is 27.8 Å². The maximum absolute atomic E-state index is 12.0. The lowest BCUT2D eigenvalue weighted by Gasteiger charge is -2.22. The Balaban J connectivity index is 1.43. The predicted octanol–water partition coefficient (Wildman–Crippen LogP) is 3.73. The first-order valence-electron chi connectivity index (χ1n) is 8.47. The van der Waals surface area contributed by atoms with E-state index in [1.807, 2.05) is 31.2 Å². The Kier molecular flexibility index (Phi) is 5.91. The Morgan fingerprint density at radius 1 is 1.25 bits per heavy atom. The van der Waals surface area contributed by atoms with Gasteiger partial charge in [-0.05, 0) is 31.9 Å². The molecule has 1 aliphatic rings. The Hall–Kier alpha value is -1.82. The van der Waals surface area contributed by atoms with Gasteiger partial charge in [0.05, 0.1) is 11.5 Å². The Morgan fingerprint density at radius 3 is 2.75 bits per heavy atom. The van der Waals surface area contributed by atoms with Gasteiger partial charge in [0.2, 0.25) is 5.91 Å². The fourth-order valence-corrected chi connectivity index (χ4v) is 3.55. The second-order valence-corrected chi connectivity index (χ2v) is 7.26. The monoisotopic (exact) mass is 345 g/mol. The fourth-order valence-electron chi connectivity index (χ4n) is 2.88. The van der Waals surface area contributed by atoms with Gasteiger partial charge in [0.1, 0.15) is 0 Å². The Labute approximate surface area is 146 Å². The van der Waals surface area contributed by atoms with Crippen molar-refractivity contribution in [1.82, 2.24) is 15.5 Å². The molecule has 0 atom stereocenters. The number of benzene rings is 1. The lowest BCUT2D eigenvalue weighted by molar-refractivity contribution is -0.119. The van der Waals surface area contributed by atoms with Gasteiger partial charge in [0.25, 0.3) is 5.89 Å². The molecule has 1 N–H and O–H groups in total. The number of rotatable bonds is 6. The van der Waals surface area contributed by atoms with Crippen molar-refractivity contribution in [2.45, 2.75) is 50.8 Å². The summed E-state index contributed by atoms with van der Waals surface area (Å²) in [6.45, 7) is 2.04. The topological polar surface area (TPSA) is 68.0 Å². The van der Waals surface area contributed by atoms with Crippen molar-refractivity contribution in [1.29, 1.82) is 0 Å². The molecule has 1 amide bonds. The van der Waals surface area contributed by atoms with Gasteiger partial charge in [-0.1, -0.05) is 42.1 Å². The van der Waals surface area contributed by atoms with E-state index >= 15 is 0 Å². The first kappa shape index (κ1) is 17.0. The number of nitrogens with one attached hydrogen (secondary N) is 1. The highest BCUT2D eigenvalue weighted by atomic mass is 32.2. The molecule has 0 aliphatic heterocycles. The molecular weight excluding hydrogens is 322 g/mol. The van der Waals surface area contributed by atoms with Crippen molar-refractivity contribution in [3.63, 3.8) is 0 Å². The van der Waals surface area contributed by atoms with Crippen LogP contribution in [0, 0.1) is 6.92 Å². The van der Waals surface area contributed by atoms with E-state index in [-0.39, 0.29) is 5.91 Å². The summed E-state index contributed by atoms with van der Waals surface area (Å²) in [5, 5.41) is 7.11. The van der Waals surface area contributed by atoms with E-state index in [2.05, 4.69) is 15.5 Å². The number of carbonyl (C=O) groups excluding carboxylic acids is 1. The molecule has 1 saturated carbocycles. The van der Waals surface area contributed by atoms with Crippen LogP contribution in [0.1, 0.15) is 43.5 Å². The summed E-state index contributed by atoms with van der Waals surface area (Å²) in [5.41, 5.74) is 2.11. The SMILES string of the molecule is Cc1ccc(-c2nc(CSCC(=O)NC3CCCCC3)no2)cc1. The highest BCUT2D eigenvalue weighted by Gasteiger charge is 2.16. The molecule has 1 fully saturated rings. The highest BCUT2D eigenvalue weighted by Crippen LogP contribution is 2.20. The Morgan fingerprint density at radius 2 is 2.00 bits per heavy atom. The molecule has 0 unspecified atom stereocenters. The number of thioether (sulfide) groups is 1. The molecule has 1 aromatic heterocycles. The fraction of sp³-hybridized carbons (Fsp3) is 0.500. The zero-order valence-corrected chi connectivity index (χ0v) is 14.8. The van der Waals surface area contributed by atoms with Crippen LogP contribution in [0.5, 0.6) is 0 Å². The van der Waals surface area contributed by atoms with Gasteiger partial charge in [0.15, 0.2) is 5.82 Å². The van der Waals surface area contributed by atoms with Crippen molar-refractivity contribution in [2.24, 2.45) is 0 Å². The maximum atomic E-state index is 12.0. The highest BCUT2D eigenvalue weighted by molar-refractivity contribution is 7.99. The minimum Gasteiger partial charge on any atom is -0.353 e. The van der Waals surface area contributed by atoms with Crippen LogP contribution in [0.4, 0.5) is 0 Å². The summed E-state index contributed by atoms with van der Waals surface area (Å²) >= 11 is 1.52. The zero-order chi connectivity index (χ0) is 16.8. The molecule has 0 radical (unpaired) electrons. The summed E-state index contributed by atoms with van der Waals surface area (Å²) in [4.78, 5) is 16.4. The van der Waals surface area contributed by atoms with Gasteiger partial charge < -0.3 is 9.84 Å². The van der Waals surface area contributed by atoms with Gasteiger partial charge >= 0.3 is 0 Å². The molecule has 1 heterocycles. The summed E-state index contributed by atoms with van der Waals surface area (Å²) in [6, 6.07) is 8.34. The summed E-state index contributed by atoms with van der Waals surface area (Å²) in [6.07, 6.45) is 5.97. The molecule has 5 nitrogen and oxygen atoms in total. The van der Waals surface area contributed by atoms with E-state index in [1.165, 1.54) is 36.6 Å². The van der Waals surface area contributed by atoms with Crippen LogP contribution in [0.15, 0.2) is 28.8 Å². The second kappa shape index (κ2) is 8.33. The summed E-state index contributed by atoms with van der Waals surface area (Å²) in [7, 11) is 0. The van der Waals surface area contributed by atoms with E-state index in [0.29, 0.717) is 29.3 Å². The minimum atomic E-state index is 0.106.